The smallest absolute Gasteiger partial charge is 0.407 e. The topological polar surface area (TPSA) is 47.6 Å². The summed E-state index contributed by atoms with van der Waals surface area (Å²) in [6, 6.07) is 0. The molecule has 0 aliphatic carbocycles. The number of ether oxygens (including phenoxy) is 2. The molecule has 1 rings (SSSR count). The van der Waals surface area contributed by atoms with Crippen molar-refractivity contribution in [2.45, 2.75) is 12.5 Å². The lowest BCUT2D eigenvalue weighted by Gasteiger charge is -2.31. The molecule has 1 aliphatic heterocycles. The molecule has 0 bridgehead atoms. The van der Waals surface area contributed by atoms with Gasteiger partial charge in [-0.1, -0.05) is 0 Å². The standard InChI is InChI=1S/C6H11NO3/c1-6(9-2)3-7-5(8)10-4-6/h3-4H2,1-2H3,(H,7,8). The first kappa shape index (κ1) is 7.34. The maximum absolute atomic E-state index is 10.5. The molecule has 4 heteroatoms. The third kappa shape index (κ3) is 1.39. The lowest BCUT2D eigenvalue weighted by Crippen LogP contribution is -2.51. The van der Waals surface area contributed by atoms with Crippen molar-refractivity contribution < 1.29 is 14.3 Å². The maximum atomic E-state index is 10.5. The van der Waals surface area contributed by atoms with Crippen LogP contribution < -0.4 is 5.32 Å². The molecule has 58 valence electrons. The Morgan fingerprint density at radius 3 is 2.90 bits per heavy atom. The number of amides is 1. The van der Waals surface area contributed by atoms with Gasteiger partial charge in [0.1, 0.15) is 12.2 Å². The number of alkyl carbamates (subject to hydrolysis) is 1. The van der Waals surface area contributed by atoms with E-state index in [0.717, 1.165) is 0 Å². The lowest BCUT2D eigenvalue weighted by molar-refractivity contribution is -0.0578. The molecule has 1 fully saturated rings. The first-order valence-corrected chi connectivity index (χ1v) is 3.12. The Labute approximate surface area is 59.5 Å². The van der Waals surface area contributed by atoms with Gasteiger partial charge in [-0.05, 0) is 6.92 Å². The highest BCUT2D eigenvalue weighted by atomic mass is 16.6. The van der Waals surface area contributed by atoms with E-state index in [4.69, 9.17) is 9.47 Å². The number of methoxy groups -OCH3 is 1. The van der Waals surface area contributed by atoms with Gasteiger partial charge >= 0.3 is 6.09 Å². The monoisotopic (exact) mass is 145 g/mol. The summed E-state index contributed by atoms with van der Waals surface area (Å²) < 4.78 is 9.80. The van der Waals surface area contributed by atoms with Crippen molar-refractivity contribution in [2.24, 2.45) is 0 Å². The van der Waals surface area contributed by atoms with Crippen LogP contribution in [0.4, 0.5) is 4.79 Å². The van der Waals surface area contributed by atoms with E-state index in [9.17, 15) is 4.79 Å². The Morgan fingerprint density at radius 2 is 2.50 bits per heavy atom. The highest BCUT2D eigenvalue weighted by Crippen LogP contribution is 2.11. The Kier molecular flexibility index (Phi) is 1.80. The summed E-state index contributed by atoms with van der Waals surface area (Å²) >= 11 is 0. The van der Waals surface area contributed by atoms with E-state index in [0.29, 0.717) is 13.2 Å². The third-order valence-electron chi connectivity index (χ3n) is 1.61. The summed E-state index contributed by atoms with van der Waals surface area (Å²) in [5.74, 6) is 0. The van der Waals surface area contributed by atoms with Crippen molar-refractivity contribution >= 4 is 6.09 Å². The number of carbonyl (C=O) groups excluding carboxylic acids is 1. The fraction of sp³-hybridized carbons (Fsp3) is 0.833. The number of nitrogens with one attached hydrogen (secondary N) is 1. The Balaban J connectivity index is 2.46. The molecule has 0 aromatic carbocycles. The van der Waals surface area contributed by atoms with Crippen LogP contribution >= 0.6 is 0 Å². The van der Waals surface area contributed by atoms with Crippen molar-refractivity contribution in [2.75, 3.05) is 20.3 Å². The zero-order valence-electron chi connectivity index (χ0n) is 6.14. The zero-order valence-corrected chi connectivity index (χ0v) is 6.14. The summed E-state index contributed by atoms with van der Waals surface area (Å²) in [4.78, 5) is 10.5. The third-order valence-corrected chi connectivity index (χ3v) is 1.61. The molecule has 0 aromatic heterocycles. The molecule has 1 unspecified atom stereocenters. The van der Waals surface area contributed by atoms with Gasteiger partial charge in [-0.15, -0.1) is 0 Å². The summed E-state index contributed by atoms with van der Waals surface area (Å²) in [6.07, 6.45) is -0.366. The van der Waals surface area contributed by atoms with E-state index < -0.39 is 0 Å². The molecule has 0 spiro atoms. The Morgan fingerprint density at radius 1 is 1.80 bits per heavy atom. The van der Waals surface area contributed by atoms with Crippen LogP contribution in [-0.4, -0.2) is 32.0 Å². The van der Waals surface area contributed by atoms with Crippen LogP contribution in [0.3, 0.4) is 0 Å². The number of rotatable bonds is 1. The molecule has 1 heterocycles. The van der Waals surface area contributed by atoms with E-state index in [-0.39, 0.29) is 11.7 Å². The van der Waals surface area contributed by atoms with E-state index in [1.165, 1.54) is 0 Å². The van der Waals surface area contributed by atoms with E-state index in [1.54, 1.807) is 7.11 Å². The van der Waals surface area contributed by atoms with Crippen LogP contribution in [0.1, 0.15) is 6.92 Å². The van der Waals surface area contributed by atoms with Crippen molar-refractivity contribution in [1.82, 2.24) is 5.32 Å². The van der Waals surface area contributed by atoms with Crippen LogP contribution in [0.2, 0.25) is 0 Å². The molecule has 1 atom stereocenters. The van der Waals surface area contributed by atoms with Crippen LogP contribution in [0.5, 0.6) is 0 Å². The molecule has 1 N–H and O–H groups in total. The minimum absolute atomic E-state index is 0.329. The highest BCUT2D eigenvalue weighted by molar-refractivity contribution is 5.68. The number of carbonyl (C=O) groups is 1. The molecule has 0 radical (unpaired) electrons. The van der Waals surface area contributed by atoms with Gasteiger partial charge in [-0.3, -0.25) is 0 Å². The number of cyclic esters (lactones) is 1. The van der Waals surface area contributed by atoms with Gasteiger partial charge < -0.3 is 14.8 Å². The predicted octanol–water partition coefficient (Wildman–Crippen LogP) is 0.131. The molecule has 10 heavy (non-hydrogen) atoms. The van der Waals surface area contributed by atoms with Crippen LogP contribution in [0.25, 0.3) is 0 Å². The van der Waals surface area contributed by atoms with Crippen LogP contribution in [0, 0.1) is 0 Å². The van der Waals surface area contributed by atoms with Gasteiger partial charge in [0.2, 0.25) is 0 Å². The van der Waals surface area contributed by atoms with Gasteiger partial charge in [0.15, 0.2) is 0 Å². The minimum Gasteiger partial charge on any atom is -0.446 e. The largest absolute Gasteiger partial charge is 0.446 e. The summed E-state index contributed by atoms with van der Waals surface area (Å²) in [5, 5.41) is 2.54. The summed E-state index contributed by atoms with van der Waals surface area (Å²) in [6.45, 7) is 2.73. The highest BCUT2D eigenvalue weighted by Gasteiger charge is 2.30. The van der Waals surface area contributed by atoms with Gasteiger partial charge in [0, 0.05) is 7.11 Å². The fourth-order valence-corrected chi connectivity index (χ4v) is 0.711. The van der Waals surface area contributed by atoms with Crippen molar-refractivity contribution in [3.05, 3.63) is 0 Å². The number of hydrogen-bond acceptors (Lipinski definition) is 3. The molecule has 1 saturated heterocycles. The first-order chi connectivity index (χ1) is 4.66. The average molecular weight is 145 g/mol. The Hall–Kier alpha value is -0.770. The second-order valence-electron chi connectivity index (χ2n) is 2.58. The molecule has 0 aromatic rings. The normalized spacial score (nSPS) is 32.8. The maximum Gasteiger partial charge on any atom is 0.407 e. The van der Waals surface area contributed by atoms with Crippen LogP contribution in [0.15, 0.2) is 0 Å². The quantitative estimate of drug-likeness (QED) is 0.570. The Bertz CT molecular complexity index is 136. The first-order valence-electron chi connectivity index (χ1n) is 3.12. The molecular formula is C6H11NO3. The molecular weight excluding hydrogens is 134 g/mol. The van der Waals surface area contributed by atoms with Crippen molar-refractivity contribution in [3.8, 4) is 0 Å². The van der Waals surface area contributed by atoms with Gasteiger partial charge in [-0.25, -0.2) is 4.79 Å². The molecule has 0 saturated carbocycles. The number of hydrogen-bond donors (Lipinski definition) is 1. The van der Waals surface area contributed by atoms with Crippen molar-refractivity contribution in [1.29, 1.82) is 0 Å². The molecule has 4 nitrogen and oxygen atoms in total. The zero-order chi connectivity index (χ0) is 7.61. The lowest BCUT2D eigenvalue weighted by atomic mass is 10.1. The second-order valence-corrected chi connectivity index (χ2v) is 2.58. The van der Waals surface area contributed by atoms with E-state index in [2.05, 4.69) is 5.32 Å². The van der Waals surface area contributed by atoms with Gasteiger partial charge in [0.25, 0.3) is 0 Å². The van der Waals surface area contributed by atoms with Crippen molar-refractivity contribution in [3.63, 3.8) is 0 Å². The van der Waals surface area contributed by atoms with Gasteiger partial charge in [0.05, 0.1) is 6.54 Å². The SMILES string of the molecule is COC1(C)CNC(=O)OC1. The average Bonchev–Trinajstić information content (AvgIpc) is 1.96. The fourth-order valence-electron chi connectivity index (χ4n) is 0.711. The second kappa shape index (κ2) is 2.46. The van der Waals surface area contributed by atoms with E-state index >= 15 is 0 Å². The summed E-state index contributed by atoms with van der Waals surface area (Å²) in [7, 11) is 1.60. The predicted molar refractivity (Wildman–Crippen MR) is 34.8 cm³/mol. The molecule has 1 amide bonds. The van der Waals surface area contributed by atoms with E-state index in [1.807, 2.05) is 6.92 Å². The minimum atomic E-state index is -0.366. The van der Waals surface area contributed by atoms with Crippen LogP contribution in [-0.2, 0) is 9.47 Å². The molecule has 1 aliphatic rings. The van der Waals surface area contributed by atoms with Gasteiger partial charge in [-0.2, -0.15) is 0 Å². The summed E-state index contributed by atoms with van der Waals surface area (Å²) in [5.41, 5.74) is -0.353.